The first-order chi connectivity index (χ1) is 19.9. The smallest absolute Gasteiger partial charge is 0.246 e. The first-order valence-electron chi connectivity index (χ1n) is 15.2. The Balaban J connectivity index is 1.21. The third-order valence-corrected chi connectivity index (χ3v) is 11.8. The quantitative estimate of drug-likeness (QED) is 0.496. The van der Waals surface area contributed by atoms with Gasteiger partial charge in [-0.05, 0) is 81.5 Å². The number of carbonyl (C=O) groups excluding carboxylic acids is 1. The van der Waals surface area contributed by atoms with E-state index < -0.39 is 0 Å². The molecule has 4 fully saturated rings. The molecule has 0 radical (unpaired) electrons. The van der Waals surface area contributed by atoms with Crippen LogP contribution in [0.4, 0.5) is 4.39 Å². The van der Waals surface area contributed by atoms with Crippen LogP contribution in [-0.2, 0) is 21.7 Å². The molecular weight excluding hydrogens is 539 g/mol. The lowest BCUT2D eigenvalue weighted by atomic mass is 9.72. The molecule has 8 nitrogen and oxygen atoms in total. The third-order valence-electron chi connectivity index (χ3n) is 10.2. The van der Waals surface area contributed by atoms with E-state index in [1.165, 1.54) is 18.1 Å². The molecule has 41 heavy (non-hydrogen) atoms. The molecule has 10 heteroatoms. The Morgan fingerprint density at radius 1 is 1.27 bits per heavy atom. The highest BCUT2D eigenvalue weighted by molar-refractivity contribution is 8.00. The predicted octanol–water partition coefficient (Wildman–Crippen LogP) is 3.05. The minimum absolute atomic E-state index is 0.0883. The largest absolute Gasteiger partial charge is 0.348 e. The summed E-state index contributed by atoms with van der Waals surface area (Å²) in [4.78, 5) is 19.2. The number of piperazine rings is 1. The van der Waals surface area contributed by atoms with Crippen molar-refractivity contribution in [3.8, 4) is 6.07 Å². The first kappa shape index (κ1) is 29.1. The van der Waals surface area contributed by atoms with Crippen LogP contribution in [0.15, 0.2) is 30.9 Å². The predicted molar refractivity (Wildman–Crippen MR) is 158 cm³/mol. The minimum Gasteiger partial charge on any atom is -0.348 e. The molecule has 5 aliphatic rings. The van der Waals surface area contributed by atoms with Gasteiger partial charge in [-0.15, -0.1) is 11.8 Å². The van der Waals surface area contributed by atoms with Crippen molar-refractivity contribution in [1.29, 1.82) is 5.26 Å². The first-order valence-corrected chi connectivity index (χ1v) is 16.2. The number of fused-ring (bicyclic) bond motifs is 2. The number of halogens is 1. The van der Waals surface area contributed by atoms with Gasteiger partial charge in [0.2, 0.25) is 5.91 Å². The molecule has 0 bridgehead atoms. The number of carbonyl (C=O) groups is 1. The molecule has 1 saturated carbocycles. The molecule has 1 aromatic carbocycles. The highest BCUT2D eigenvalue weighted by atomic mass is 32.2. The van der Waals surface area contributed by atoms with Gasteiger partial charge in [0.15, 0.2) is 6.35 Å². The molecule has 7 atom stereocenters. The maximum Gasteiger partial charge on any atom is 0.246 e. The molecule has 2 N–H and O–H groups in total. The number of likely N-dealkylation sites (tertiary alicyclic amines) is 1. The number of rotatable bonds is 6. The summed E-state index contributed by atoms with van der Waals surface area (Å²) in [6, 6.07) is 8.10. The molecular formula is C31H43FN6O2S. The van der Waals surface area contributed by atoms with Crippen molar-refractivity contribution in [2.45, 2.75) is 86.1 Å². The highest BCUT2D eigenvalue weighted by Gasteiger charge is 2.50. The molecule has 1 amide bonds. The Kier molecular flexibility index (Phi) is 8.74. The van der Waals surface area contributed by atoms with Crippen LogP contribution in [0.3, 0.4) is 0 Å². The molecule has 1 spiro atoms. The number of amides is 1. The zero-order chi connectivity index (χ0) is 28.6. The number of ether oxygens (including phenoxy) is 1. The van der Waals surface area contributed by atoms with Crippen LogP contribution in [0.25, 0.3) is 0 Å². The van der Waals surface area contributed by atoms with Gasteiger partial charge in [0, 0.05) is 48.1 Å². The van der Waals surface area contributed by atoms with E-state index in [0.717, 1.165) is 56.5 Å². The molecule has 0 aromatic heterocycles. The number of hydrogen-bond acceptors (Lipinski definition) is 8. The number of thioether (sulfide) groups is 1. The summed E-state index contributed by atoms with van der Waals surface area (Å²) >= 11 is 2.04. The van der Waals surface area contributed by atoms with Crippen LogP contribution >= 0.6 is 11.8 Å². The molecule has 6 rings (SSSR count). The Morgan fingerprint density at radius 2 is 2.15 bits per heavy atom. The minimum atomic E-state index is -0.272. The molecule has 4 aliphatic heterocycles. The van der Waals surface area contributed by atoms with Crippen molar-refractivity contribution >= 4 is 17.7 Å². The van der Waals surface area contributed by atoms with Crippen molar-refractivity contribution in [3.63, 3.8) is 0 Å². The van der Waals surface area contributed by atoms with E-state index in [2.05, 4.69) is 40.1 Å². The van der Waals surface area contributed by atoms with Gasteiger partial charge in [0.1, 0.15) is 5.82 Å². The summed E-state index contributed by atoms with van der Waals surface area (Å²) in [6.07, 6.45) is 7.89. The van der Waals surface area contributed by atoms with Gasteiger partial charge in [-0.25, -0.2) is 4.39 Å². The number of hydrogen-bond donors (Lipinski definition) is 2. The van der Waals surface area contributed by atoms with Gasteiger partial charge in [-0.1, -0.05) is 12.6 Å². The SMILES string of the molecule is C=CC(=O)N1CCN(C2NC(OCC3CCCN3C)NC3C[C@@]4(CCC32)Cc2cc(F)ccc2CS4)CC1CC#N. The summed E-state index contributed by atoms with van der Waals surface area (Å²) in [6.45, 7) is 7.44. The van der Waals surface area contributed by atoms with E-state index in [0.29, 0.717) is 38.1 Å². The Morgan fingerprint density at radius 3 is 2.93 bits per heavy atom. The van der Waals surface area contributed by atoms with Crippen LogP contribution in [0.1, 0.15) is 49.7 Å². The fourth-order valence-corrected chi connectivity index (χ4v) is 9.44. The van der Waals surface area contributed by atoms with Crippen LogP contribution in [0, 0.1) is 23.1 Å². The van der Waals surface area contributed by atoms with Crippen LogP contribution in [0.2, 0.25) is 0 Å². The topological polar surface area (TPSA) is 83.9 Å². The molecule has 6 unspecified atom stereocenters. The average molecular weight is 583 g/mol. The van der Waals surface area contributed by atoms with E-state index in [9.17, 15) is 14.4 Å². The van der Waals surface area contributed by atoms with E-state index >= 15 is 0 Å². The van der Waals surface area contributed by atoms with Crippen molar-refractivity contribution in [1.82, 2.24) is 25.3 Å². The fraction of sp³-hybridized carbons (Fsp3) is 0.677. The van der Waals surface area contributed by atoms with E-state index in [1.807, 2.05) is 17.8 Å². The highest BCUT2D eigenvalue weighted by Crippen LogP contribution is 2.50. The van der Waals surface area contributed by atoms with Crippen LogP contribution in [-0.4, -0.2) is 95.8 Å². The molecule has 222 valence electrons. The summed E-state index contributed by atoms with van der Waals surface area (Å²) in [5.41, 5.74) is 2.42. The van der Waals surface area contributed by atoms with Gasteiger partial charge in [-0.3, -0.25) is 20.3 Å². The average Bonchev–Trinajstić information content (AvgIpc) is 3.39. The number of benzene rings is 1. The Bertz CT molecular complexity index is 1180. The fourth-order valence-electron chi connectivity index (χ4n) is 7.88. The van der Waals surface area contributed by atoms with Crippen molar-refractivity contribution in [3.05, 3.63) is 47.8 Å². The van der Waals surface area contributed by atoms with Gasteiger partial charge in [-0.2, -0.15) is 5.26 Å². The molecule has 3 saturated heterocycles. The number of likely N-dealkylation sites (N-methyl/N-ethyl adjacent to an activating group) is 1. The van der Waals surface area contributed by atoms with Gasteiger partial charge in [0.05, 0.1) is 31.3 Å². The zero-order valence-electron chi connectivity index (χ0n) is 24.1. The zero-order valence-corrected chi connectivity index (χ0v) is 24.9. The van der Waals surface area contributed by atoms with Crippen molar-refractivity contribution < 1.29 is 13.9 Å². The lowest BCUT2D eigenvalue weighted by Crippen LogP contribution is -2.73. The molecule has 4 heterocycles. The van der Waals surface area contributed by atoms with Crippen molar-refractivity contribution in [2.75, 3.05) is 39.8 Å². The summed E-state index contributed by atoms with van der Waals surface area (Å²) in [5.74, 6) is 1.05. The number of nitrogens with zero attached hydrogens (tertiary/aromatic N) is 4. The second-order valence-corrected chi connectivity index (χ2v) is 14.0. The standard InChI is InChI=1S/C31H43FN6O2S/c1-3-28(39)38-14-13-37(18-24(38)9-11-33)29-26-8-10-31(16-22-15-23(32)7-6-21(22)20-41-31)17-27(26)34-30(35-29)40-19-25-5-4-12-36(25)2/h3,6-7,15,24-27,29-30,34-35H,1,4-5,8-10,12-14,16-20H2,2H3/t24?,25?,26?,27?,29?,30?,31-/m1/s1. The lowest BCUT2D eigenvalue weighted by Gasteiger charge is -2.56. The maximum absolute atomic E-state index is 14.2. The summed E-state index contributed by atoms with van der Waals surface area (Å²) < 4.78 is 20.8. The Hall–Kier alpha value is -2.00. The second kappa shape index (κ2) is 12.3. The maximum atomic E-state index is 14.2. The Labute approximate surface area is 247 Å². The van der Waals surface area contributed by atoms with E-state index in [4.69, 9.17) is 4.74 Å². The van der Waals surface area contributed by atoms with Gasteiger partial charge < -0.3 is 14.5 Å². The van der Waals surface area contributed by atoms with E-state index in [-0.39, 0.29) is 41.1 Å². The lowest BCUT2D eigenvalue weighted by molar-refractivity contribution is -0.135. The van der Waals surface area contributed by atoms with Gasteiger partial charge >= 0.3 is 0 Å². The summed E-state index contributed by atoms with van der Waals surface area (Å²) in [5, 5.41) is 17.2. The molecule has 1 aliphatic carbocycles. The van der Waals surface area contributed by atoms with E-state index in [1.54, 1.807) is 17.0 Å². The van der Waals surface area contributed by atoms with Crippen LogP contribution in [0.5, 0.6) is 0 Å². The summed E-state index contributed by atoms with van der Waals surface area (Å²) in [7, 11) is 2.17. The second-order valence-electron chi connectivity index (χ2n) is 12.6. The van der Waals surface area contributed by atoms with Crippen molar-refractivity contribution in [2.24, 2.45) is 5.92 Å². The number of nitriles is 1. The monoisotopic (exact) mass is 582 g/mol. The third kappa shape index (κ3) is 6.08. The molecule has 1 aromatic rings. The van der Waals surface area contributed by atoms with Crippen LogP contribution < -0.4 is 10.6 Å². The number of nitrogens with one attached hydrogen (secondary N) is 2. The van der Waals surface area contributed by atoms with Gasteiger partial charge in [0.25, 0.3) is 0 Å². The normalized spacial score (nSPS) is 36.0.